The predicted molar refractivity (Wildman–Crippen MR) is 83.7 cm³/mol. The number of nitrogen functional groups attached to an aromatic ring is 1. The summed E-state index contributed by atoms with van der Waals surface area (Å²) in [6.07, 6.45) is 0. The smallest absolute Gasteiger partial charge is 0.254 e. The van der Waals surface area contributed by atoms with Gasteiger partial charge in [-0.2, -0.15) is 0 Å². The van der Waals surface area contributed by atoms with Crippen LogP contribution in [0.5, 0.6) is 0 Å². The molecule has 0 radical (unpaired) electrons. The third-order valence-electron chi connectivity index (χ3n) is 4.19. The van der Waals surface area contributed by atoms with E-state index in [2.05, 4.69) is 4.90 Å². The van der Waals surface area contributed by atoms with Crippen LogP contribution < -0.4 is 5.73 Å². The zero-order valence-corrected chi connectivity index (χ0v) is 12.8. The minimum atomic E-state index is 0.0351. The van der Waals surface area contributed by atoms with Crippen LogP contribution in [0.4, 0.5) is 5.69 Å². The minimum Gasteiger partial charge on any atom is -0.398 e. The molecule has 0 saturated carbocycles. The van der Waals surface area contributed by atoms with Crippen LogP contribution in [0.3, 0.4) is 0 Å². The number of ether oxygens (including phenoxy) is 2. The van der Waals surface area contributed by atoms with Crippen LogP contribution in [0, 0.1) is 0 Å². The van der Waals surface area contributed by atoms with Crippen molar-refractivity contribution < 1.29 is 14.3 Å². The second-order valence-electron chi connectivity index (χ2n) is 5.71. The Morgan fingerprint density at radius 1 is 1.05 bits per heavy atom. The molecule has 3 rings (SSSR count). The van der Waals surface area contributed by atoms with E-state index in [1.165, 1.54) is 0 Å². The Labute approximate surface area is 130 Å². The number of amides is 1. The molecule has 2 aliphatic rings. The summed E-state index contributed by atoms with van der Waals surface area (Å²) in [5, 5.41) is 0. The Hall–Kier alpha value is -1.63. The number of anilines is 1. The first-order chi connectivity index (χ1) is 10.7. The molecular formula is C16H23N3O3. The first-order valence-electron chi connectivity index (χ1n) is 7.79. The van der Waals surface area contributed by atoms with Gasteiger partial charge in [-0.05, 0) is 17.7 Å². The van der Waals surface area contributed by atoms with Gasteiger partial charge in [0.15, 0.2) is 0 Å². The van der Waals surface area contributed by atoms with Crippen LogP contribution >= 0.6 is 0 Å². The Morgan fingerprint density at radius 2 is 1.68 bits per heavy atom. The van der Waals surface area contributed by atoms with Gasteiger partial charge in [0.1, 0.15) is 0 Å². The molecule has 2 aliphatic heterocycles. The molecule has 1 aromatic carbocycles. The number of nitrogens with two attached hydrogens (primary N) is 1. The van der Waals surface area contributed by atoms with Crippen molar-refractivity contribution in [3.05, 3.63) is 29.3 Å². The third kappa shape index (κ3) is 3.58. The van der Waals surface area contributed by atoms with Crippen molar-refractivity contribution in [3.8, 4) is 0 Å². The zero-order chi connectivity index (χ0) is 15.4. The van der Waals surface area contributed by atoms with E-state index in [4.69, 9.17) is 15.2 Å². The predicted octanol–water partition coefficient (Wildman–Crippen LogP) is 0.573. The molecule has 6 heteroatoms. The standard InChI is InChI=1S/C16H23N3O3/c17-15-11-13(16(20)19-5-9-22-10-6-19)1-2-14(15)12-18-3-7-21-8-4-18/h1-2,11H,3-10,12,17H2. The van der Waals surface area contributed by atoms with E-state index in [9.17, 15) is 4.79 Å². The average molecular weight is 305 g/mol. The fourth-order valence-electron chi connectivity index (χ4n) is 2.82. The lowest BCUT2D eigenvalue weighted by molar-refractivity contribution is 0.0303. The fourth-order valence-corrected chi connectivity index (χ4v) is 2.82. The Balaban J connectivity index is 1.67. The summed E-state index contributed by atoms with van der Waals surface area (Å²) in [5.74, 6) is 0.0351. The van der Waals surface area contributed by atoms with Gasteiger partial charge < -0.3 is 20.1 Å². The molecule has 0 aromatic heterocycles. The van der Waals surface area contributed by atoms with Crippen LogP contribution in [0.25, 0.3) is 0 Å². The molecule has 22 heavy (non-hydrogen) atoms. The average Bonchev–Trinajstić information content (AvgIpc) is 2.58. The van der Waals surface area contributed by atoms with Crippen molar-refractivity contribution in [1.29, 1.82) is 0 Å². The van der Waals surface area contributed by atoms with Gasteiger partial charge in [-0.25, -0.2) is 0 Å². The Bertz CT molecular complexity index is 523. The lowest BCUT2D eigenvalue weighted by Crippen LogP contribution is -2.40. The Morgan fingerprint density at radius 3 is 2.32 bits per heavy atom. The van der Waals surface area contributed by atoms with E-state index in [1.54, 1.807) is 6.07 Å². The quantitative estimate of drug-likeness (QED) is 0.827. The third-order valence-corrected chi connectivity index (χ3v) is 4.19. The van der Waals surface area contributed by atoms with Crippen molar-refractivity contribution in [1.82, 2.24) is 9.80 Å². The van der Waals surface area contributed by atoms with E-state index in [-0.39, 0.29) is 5.91 Å². The fraction of sp³-hybridized carbons (Fsp3) is 0.562. The first-order valence-corrected chi connectivity index (χ1v) is 7.79. The highest BCUT2D eigenvalue weighted by molar-refractivity contribution is 5.95. The van der Waals surface area contributed by atoms with Gasteiger partial charge >= 0.3 is 0 Å². The molecular weight excluding hydrogens is 282 g/mol. The molecule has 120 valence electrons. The SMILES string of the molecule is Nc1cc(C(=O)N2CCOCC2)ccc1CN1CCOCC1. The number of hydrogen-bond donors (Lipinski definition) is 1. The summed E-state index contributed by atoms with van der Waals surface area (Å²) >= 11 is 0. The monoisotopic (exact) mass is 305 g/mol. The number of benzene rings is 1. The van der Waals surface area contributed by atoms with Crippen LogP contribution in [0.2, 0.25) is 0 Å². The molecule has 0 atom stereocenters. The molecule has 0 unspecified atom stereocenters. The summed E-state index contributed by atoms with van der Waals surface area (Å²) in [6.45, 7) is 6.71. The number of rotatable bonds is 3. The largest absolute Gasteiger partial charge is 0.398 e. The lowest BCUT2D eigenvalue weighted by atomic mass is 10.1. The molecule has 6 nitrogen and oxygen atoms in total. The Kier molecular flexibility index (Phi) is 4.92. The maximum Gasteiger partial charge on any atom is 0.254 e. The molecule has 2 saturated heterocycles. The number of hydrogen-bond acceptors (Lipinski definition) is 5. The molecule has 0 spiro atoms. The zero-order valence-electron chi connectivity index (χ0n) is 12.8. The number of carbonyl (C=O) groups is 1. The summed E-state index contributed by atoms with van der Waals surface area (Å²) in [7, 11) is 0. The molecule has 0 aliphatic carbocycles. The highest BCUT2D eigenvalue weighted by Gasteiger charge is 2.19. The first kappa shape index (κ1) is 15.3. The van der Waals surface area contributed by atoms with Gasteiger partial charge in [-0.3, -0.25) is 9.69 Å². The second-order valence-corrected chi connectivity index (χ2v) is 5.71. The van der Waals surface area contributed by atoms with Gasteiger partial charge in [0.2, 0.25) is 0 Å². The lowest BCUT2D eigenvalue weighted by Gasteiger charge is -2.28. The van der Waals surface area contributed by atoms with Crippen molar-refractivity contribution in [2.45, 2.75) is 6.54 Å². The molecule has 1 amide bonds. The van der Waals surface area contributed by atoms with Crippen LogP contribution in [0.1, 0.15) is 15.9 Å². The molecule has 1 aromatic rings. The molecule has 2 N–H and O–H groups in total. The second kappa shape index (κ2) is 7.09. The van der Waals surface area contributed by atoms with Crippen molar-refractivity contribution in [3.63, 3.8) is 0 Å². The van der Waals surface area contributed by atoms with Crippen LogP contribution in [-0.2, 0) is 16.0 Å². The van der Waals surface area contributed by atoms with Gasteiger partial charge in [-0.15, -0.1) is 0 Å². The summed E-state index contributed by atoms with van der Waals surface area (Å²) in [4.78, 5) is 16.6. The van der Waals surface area contributed by atoms with E-state index in [1.807, 2.05) is 17.0 Å². The summed E-state index contributed by atoms with van der Waals surface area (Å²) in [5.41, 5.74) is 8.57. The van der Waals surface area contributed by atoms with Crippen molar-refractivity contribution >= 4 is 11.6 Å². The van der Waals surface area contributed by atoms with Gasteiger partial charge in [0.25, 0.3) is 5.91 Å². The highest BCUT2D eigenvalue weighted by atomic mass is 16.5. The molecule has 0 bridgehead atoms. The molecule has 2 heterocycles. The van der Waals surface area contributed by atoms with E-state index in [0.717, 1.165) is 38.4 Å². The van der Waals surface area contributed by atoms with Gasteiger partial charge in [-0.1, -0.05) is 6.07 Å². The van der Waals surface area contributed by atoms with E-state index < -0.39 is 0 Å². The topological polar surface area (TPSA) is 68.0 Å². The van der Waals surface area contributed by atoms with Gasteiger partial charge in [0.05, 0.1) is 26.4 Å². The molecule has 2 fully saturated rings. The normalized spacial score (nSPS) is 20.1. The number of nitrogens with zero attached hydrogens (tertiary/aromatic N) is 2. The number of carbonyl (C=O) groups excluding carboxylic acids is 1. The van der Waals surface area contributed by atoms with Crippen LogP contribution in [0.15, 0.2) is 18.2 Å². The van der Waals surface area contributed by atoms with E-state index >= 15 is 0 Å². The van der Waals surface area contributed by atoms with Crippen molar-refractivity contribution in [2.24, 2.45) is 0 Å². The maximum atomic E-state index is 12.4. The van der Waals surface area contributed by atoms with E-state index in [0.29, 0.717) is 37.6 Å². The minimum absolute atomic E-state index is 0.0351. The highest BCUT2D eigenvalue weighted by Crippen LogP contribution is 2.19. The van der Waals surface area contributed by atoms with Gasteiger partial charge in [0, 0.05) is 44.0 Å². The maximum absolute atomic E-state index is 12.4. The summed E-state index contributed by atoms with van der Waals surface area (Å²) in [6, 6.07) is 5.65. The summed E-state index contributed by atoms with van der Waals surface area (Å²) < 4.78 is 10.6. The van der Waals surface area contributed by atoms with Crippen LogP contribution in [-0.4, -0.2) is 68.3 Å². The number of morpholine rings is 2. The van der Waals surface area contributed by atoms with Crippen molar-refractivity contribution in [2.75, 3.05) is 58.3 Å².